The Morgan fingerprint density at radius 1 is 1.12 bits per heavy atom. The lowest BCUT2D eigenvalue weighted by Gasteiger charge is -2.38. The molecule has 2 aliphatic rings. The smallest absolute Gasteiger partial charge is 0.239 e. The number of amides is 2. The Balaban J connectivity index is 1.66. The highest BCUT2D eigenvalue weighted by molar-refractivity contribution is 8.01. The molecule has 0 aromatic heterocycles. The first-order valence-corrected chi connectivity index (χ1v) is 9.71. The number of hydrogen-bond donors (Lipinski definition) is 1. The molecule has 2 amide bonds. The van der Waals surface area contributed by atoms with Crippen LogP contribution in [0.2, 0.25) is 0 Å². The molecule has 1 aromatic carbocycles. The fraction of sp³-hybridized carbons (Fsp3) is 0.579. The normalized spacial score (nSPS) is 20.8. The van der Waals surface area contributed by atoms with Crippen molar-refractivity contribution in [3.8, 4) is 0 Å². The number of benzene rings is 1. The molecule has 0 unspecified atom stereocenters. The average Bonchev–Trinajstić information content (AvgIpc) is 3.05. The fourth-order valence-electron chi connectivity index (χ4n) is 3.82. The number of likely N-dealkylation sites (tertiary alicyclic amines) is 1. The van der Waals surface area contributed by atoms with Crippen molar-refractivity contribution in [3.05, 3.63) is 30.3 Å². The summed E-state index contributed by atoms with van der Waals surface area (Å²) in [6, 6.07) is 10.5. The van der Waals surface area contributed by atoms with E-state index in [1.54, 1.807) is 18.7 Å². The second-order valence-electron chi connectivity index (χ2n) is 6.88. The quantitative estimate of drug-likeness (QED) is 0.911. The Bertz CT molecular complexity index is 576. The topological polar surface area (TPSA) is 49.4 Å². The van der Waals surface area contributed by atoms with Crippen LogP contribution in [0.5, 0.6) is 0 Å². The molecule has 0 radical (unpaired) electrons. The Kier molecular flexibility index (Phi) is 5.49. The summed E-state index contributed by atoms with van der Waals surface area (Å²) >= 11 is 1.75. The van der Waals surface area contributed by atoms with E-state index in [9.17, 15) is 9.59 Å². The van der Waals surface area contributed by atoms with E-state index in [4.69, 9.17) is 0 Å². The maximum absolute atomic E-state index is 13.3. The number of carbonyl (C=O) groups excluding carboxylic acids is 2. The van der Waals surface area contributed by atoms with E-state index in [0.29, 0.717) is 5.91 Å². The zero-order valence-corrected chi connectivity index (χ0v) is 15.1. The summed E-state index contributed by atoms with van der Waals surface area (Å²) in [5, 5.41) is 2.98. The van der Waals surface area contributed by atoms with Gasteiger partial charge in [-0.25, -0.2) is 0 Å². The summed E-state index contributed by atoms with van der Waals surface area (Å²) in [6.07, 6.45) is 5.92. The van der Waals surface area contributed by atoms with Crippen LogP contribution in [-0.2, 0) is 9.59 Å². The lowest BCUT2D eigenvalue weighted by molar-refractivity contribution is -0.134. The van der Waals surface area contributed by atoms with Gasteiger partial charge in [0, 0.05) is 31.0 Å². The number of rotatable bonds is 4. The molecule has 1 aromatic rings. The average molecular weight is 346 g/mol. The standard InChI is InChI=1S/C19H26N2O2S/c1-15(22)20-16-9-13-21(14-10-16)18(23)19(11-5-6-12-19)24-17-7-3-2-4-8-17/h2-4,7-8,16H,5-6,9-14H2,1H3,(H,20,22). The van der Waals surface area contributed by atoms with Crippen molar-refractivity contribution in [3.63, 3.8) is 0 Å². The molecule has 130 valence electrons. The summed E-state index contributed by atoms with van der Waals surface area (Å²) in [7, 11) is 0. The predicted octanol–water partition coefficient (Wildman–Crippen LogP) is 3.22. The van der Waals surface area contributed by atoms with Gasteiger partial charge in [0.25, 0.3) is 0 Å². The fourth-order valence-corrected chi connectivity index (χ4v) is 5.28. The molecule has 3 rings (SSSR count). The molecule has 1 aliphatic carbocycles. The van der Waals surface area contributed by atoms with Crippen LogP contribution in [-0.4, -0.2) is 40.6 Å². The number of nitrogens with zero attached hydrogens (tertiary/aromatic N) is 1. The summed E-state index contributed by atoms with van der Waals surface area (Å²) in [6.45, 7) is 3.06. The van der Waals surface area contributed by atoms with E-state index in [0.717, 1.165) is 51.6 Å². The Hall–Kier alpha value is -1.49. The van der Waals surface area contributed by atoms with Gasteiger partial charge >= 0.3 is 0 Å². The molecule has 1 saturated carbocycles. The lowest BCUT2D eigenvalue weighted by Crippen LogP contribution is -2.51. The molecule has 1 saturated heterocycles. The van der Waals surface area contributed by atoms with Gasteiger partial charge in [-0.05, 0) is 37.8 Å². The second kappa shape index (κ2) is 7.60. The third-order valence-electron chi connectivity index (χ3n) is 5.05. The zero-order chi connectivity index (χ0) is 17.0. The van der Waals surface area contributed by atoms with Gasteiger partial charge in [0.2, 0.25) is 11.8 Å². The Labute approximate surface area is 148 Å². The summed E-state index contributed by atoms with van der Waals surface area (Å²) in [4.78, 5) is 27.7. The monoisotopic (exact) mass is 346 g/mol. The van der Waals surface area contributed by atoms with Crippen molar-refractivity contribution >= 4 is 23.6 Å². The van der Waals surface area contributed by atoms with E-state index in [-0.39, 0.29) is 16.7 Å². The van der Waals surface area contributed by atoms with Crippen LogP contribution < -0.4 is 5.32 Å². The molecule has 1 heterocycles. The van der Waals surface area contributed by atoms with Crippen molar-refractivity contribution in [1.29, 1.82) is 0 Å². The van der Waals surface area contributed by atoms with Gasteiger partial charge in [0.05, 0.1) is 4.75 Å². The highest BCUT2D eigenvalue weighted by Gasteiger charge is 2.45. The summed E-state index contributed by atoms with van der Waals surface area (Å²) in [5.74, 6) is 0.321. The van der Waals surface area contributed by atoms with Gasteiger partial charge in [-0.15, -0.1) is 11.8 Å². The third kappa shape index (κ3) is 3.94. The van der Waals surface area contributed by atoms with Crippen LogP contribution in [0, 0.1) is 0 Å². The number of hydrogen-bond acceptors (Lipinski definition) is 3. The van der Waals surface area contributed by atoms with Gasteiger partial charge < -0.3 is 10.2 Å². The highest BCUT2D eigenvalue weighted by Crippen LogP contribution is 2.46. The van der Waals surface area contributed by atoms with Crippen LogP contribution in [0.3, 0.4) is 0 Å². The largest absolute Gasteiger partial charge is 0.353 e. The number of carbonyl (C=O) groups is 2. The first kappa shape index (κ1) is 17.3. The molecular formula is C19H26N2O2S. The molecule has 5 heteroatoms. The van der Waals surface area contributed by atoms with Crippen LogP contribution in [0.25, 0.3) is 0 Å². The maximum atomic E-state index is 13.3. The van der Waals surface area contributed by atoms with Gasteiger partial charge in [0.1, 0.15) is 0 Å². The van der Waals surface area contributed by atoms with Crippen molar-refractivity contribution in [2.24, 2.45) is 0 Å². The number of thioether (sulfide) groups is 1. The molecular weight excluding hydrogens is 320 g/mol. The van der Waals surface area contributed by atoms with E-state index < -0.39 is 0 Å². The third-order valence-corrected chi connectivity index (χ3v) is 6.53. The number of nitrogens with one attached hydrogen (secondary N) is 1. The van der Waals surface area contributed by atoms with E-state index in [1.165, 1.54) is 4.90 Å². The predicted molar refractivity (Wildman–Crippen MR) is 96.9 cm³/mol. The molecule has 24 heavy (non-hydrogen) atoms. The van der Waals surface area contributed by atoms with Gasteiger partial charge in [-0.2, -0.15) is 0 Å². The minimum absolute atomic E-state index is 0.0201. The van der Waals surface area contributed by atoms with E-state index in [2.05, 4.69) is 17.4 Å². The maximum Gasteiger partial charge on any atom is 0.239 e. The lowest BCUT2D eigenvalue weighted by atomic mass is 10.0. The first-order valence-electron chi connectivity index (χ1n) is 8.90. The van der Waals surface area contributed by atoms with E-state index >= 15 is 0 Å². The minimum Gasteiger partial charge on any atom is -0.353 e. The van der Waals surface area contributed by atoms with Crippen LogP contribution in [0.4, 0.5) is 0 Å². The van der Waals surface area contributed by atoms with E-state index in [1.807, 2.05) is 23.1 Å². The highest BCUT2D eigenvalue weighted by atomic mass is 32.2. The SMILES string of the molecule is CC(=O)NC1CCN(C(=O)C2(Sc3ccccc3)CCCC2)CC1. The Morgan fingerprint density at radius 3 is 2.33 bits per heavy atom. The Morgan fingerprint density at radius 2 is 1.75 bits per heavy atom. The van der Waals surface area contributed by atoms with Gasteiger partial charge in [-0.3, -0.25) is 9.59 Å². The van der Waals surface area contributed by atoms with Crippen molar-refractivity contribution in [2.75, 3.05) is 13.1 Å². The van der Waals surface area contributed by atoms with Crippen molar-refractivity contribution in [1.82, 2.24) is 10.2 Å². The van der Waals surface area contributed by atoms with Gasteiger partial charge in [0.15, 0.2) is 0 Å². The zero-order valence-electron chi connectivity index (χ0n) is 14.3. The molecule has 0 spiro atoms. The molecule has 4 nitrogen and oxygen atoms in total. The van der Waals surface area contributed by atoms with Crippen LogP contribution in [0.1, 0.15) is 45.4 Å². The molecule has 1 N–H and O–H groups in total. The second-order valence-corrected chi connectivity index (χ2v) is 8.34. The minimum atomic E-state index is -0.289. The van der Waals surface area contributed by atoms with Crippen molar-refractivity contribution in [2.45, 2.75) is 61.1 Å². The molecule has 0 bridgehead atoms. The van der Waals surface area contributed by atoms with Crippen LogP contribution in [0.15, 0.2) is 35.2 Å². The summed E-state index contributed by atoms with van der Waals surface area (Å²) < 4.78 is -0.289. The molecule has 1 aliphatic heterocycles. The molecule has 2 fully saturated rings. The molecule has 0 atom stereocenters. The first-order chi connectivity index (χ1) is 11.6. The van der Waals surface area contributed by atoms with Crippen molar-refractivity contribution < 1.29 is 9.59 Å². The number of piperidine rings is 1. The summed E-state index contributed by atoms with van der Waals surface area (Å²) in [5.41, 5.74) is 0. The van der Waals surface area contributed by atoms with Gasteiger partial charge in [-0.1, -0.05) is 31.0 Å². The van der Waals surface area contributed by atoms with Crippen LogP contribution >= 0.6 is 11.8 Å².